The number of hydrogen-bond acceptors (Lipinski definition) is 9. The average Bonchev–Trinajstić information content (AvgIpc) is 3.18. The summed E-state index contributed by atoms with van der Waals surface area (Å²) in [4.78, 5) is 35.4. The molecule has 2 unspecified atom stereocenters. The molecule has 2 aromatic heterocycles. The summed E-state index contributed by atoms with van der Waals surface area (Å²) in [5.74, 6) is 1.99. The van der Waals surface area contributed by atoms with Crippen molar-refractivity contribution in [2.75, 3.05) is 60.0 Å². The monoisotopic (exact) mass is 506 g/mol. The number of fused-ring (bicyclic) bond motifs is 2. The molecular formula is C25H30N8O4. The summed E-state index contributed by atoms with van der Waals surface area (Å²) in [5, 5.41) is 5.63. The second kappa shape index (κ2) is 11.0. The van der Waals surface area contributed by atoms with Gasteiger partial charge in [0.25, 0.3) is 0 Å². The second-order valence-electron chi connectivity index (χ2n) is 9.08. The van der Waals surface area contributed by atoms with Gasteiger partial charge in [-0.05, 0) is 49.2 Å². The molecule has 2 bridgehead atoms. The van der Waals surface area contributed by atoms with Crippen LogP contribution in [0, 0.1) is 0 Å². The average molecular weight is 507 g/mol. The highest BCUT2D eigenvalue weighted by molar-refractivity contribution is 5.99. The van der Waals surface area contributed by atoms with Crippen LogP contribution >= 0.6 is 0 Å². The van der Waals surface area contributed by atoms with Crippen molar-refractivity contribution < 1.29 is 19.7 Å². The van der Waals surface area contributed by atoms with Crippen molar-refractivity contribution in [1.29, 1.82) is 0 Å². The lowest BCUT2D eigenvalue weighted by Gasteiger charge is -2.35. The highest BCUT2D eigenvalue weighted by Crippen LogP contribution is 2.33. The molecule has 0 saturated carbocycles. The molecule has 12 nitrogen and oxygen atoms in total. The molecule has 3 saturated heterocycles. The van der Waals surface area contributed by atoms with Crippen LogP contribution in [0.15, 0.2) is 48.8 Å². The maximum Gasteiger partial charge on any atom is 0.323 e. The number of nitrogens with one attached hydrogen (secondary N) is 2. The number of anilines is 4. The van der Waals surface area contributed by atoms with Gasteiger partial charge in [-0.1, -0.05) is 0 Å². The van der Waals surface area contributed by atoms with E-state index in [2.05, 4.69) is 25.4 Å². The maximum absolute atomic E-state index is 12.3. The van der Waals surface area contributed by atoms with Crippen molar-refractivity contribution in [1.82, 2.24) is 19.9 Å². The second-order valence-corrected chi connectivity index (χ2v) is 9.08. The fraction of sp³-hybridized carbons (Fsp3) is 0.400. The number of hydrogen-bond donors (Lipinski definition) is 2. The molecule has 2 atom stereocenters. The van der Waals surface area contributed by atoms with Crippen molar-refractivity contribution in [3.63, 3.8) is 0 Å². The van der Waals surface area contributed by atoms with Gasteiger partial charge in [0, 0.05) is 42.4 Å². The largest absolute Gasteiger partial charge is 0.412 e. The summed E-state index contributed by atoms with van der Waals surface area (Å²) < 4.78 is 11.3. The first kappa shape index (κ1) is 24.8. The van der Waals surface area contributed by atoms with Crippen LogP contribution in [0.1, 0.15) is 12.8 Å². The number of ether oxygens (including phenoxy) is 2. The van der Waals surface area contributed by atoms with E-state index in [1.807, 2.05) is 24.3 Å². The molecule has 3 aromatic rings. The SMILES string of the molecule is O.O=C(Nc1ccncc1)Nc1ccc(-c2nc(N3CCOCC3)nc(N3C4CCC3COC4)n2)cc1. The Balaban J connectivity index is 0.00000280. The number of carbonyl (C=O) groups excluding carboxylic acids is 1. The fourth-order valence-electron chi connectivity index (χ4n) is 4.89. The van der Waals surface area contributed by atoms with Gasteiger partial charge in [0.1, 0.15) is 0 Å². The van der Waals surface area contributed by atoms with Gasteiger partial charge in [-0.25, -0.2) is 4.79 Å². The van der Waals surface area contributed by atoms with Crippen LogP contribution in [0.25, 0.3) is 11.4 Å². The van der Waals surface area contributed by atoms with Crippen LogP contribution < -0.4 is 20.4 Å². The molecular weight excluding hydrogens is 476 g/mol. The lowest BCUT2D eigenvalue weighted by atomic mass is 10.2. The van der Waals surface area contributed by atoms with E-state index in [9.17, 15) is 4.79 Å². The number of nitrogens with zero attached hydrogens (tertiary/aromatic N) is 6. The van der Waals surface area contributed by atoms with Gasteiger partial charge in [0.2, 0.25) is 11.9 Å². The number of benzene rings is 1. The fourth-order valence-corrected chi connectivity index (χ4v) is 4.89. The van der Waals surface area contributed by atoms with Crippen LogP contribution in [-0.4, -0.2) is 83.0 Å². The Morgan fingerprint density at radius 2 is 1.43 bits per heavy atom. The summed E-state index contributed by atoms with van der Waals surface area (Å²) in [6, 6.07) is 11.2. The predicted octanol–water partition coefficient (Wildman–Crippen LogP) is 1.96. The molecule has 1 aromatic carbocycles. The number of pyridine rings is 1. The normalized spacial score (nSPS) is 20.8. The Hall–Kier alpha value is -3.87. The molecule has 37 heavy (non-hydrogen) atoms. The summed E-state index contributed by atoms with van der Waals surface area (Å²) >= 11 is 0. The Morgan fingerprint density at radius 3 is 2.11 bits per heavy atom. The molecule has 0 radical (unpaired) electrons. The number of urea groups is 1. The lowest BCUT2D eigenvalue weighted by molar-refractivity contribution is 0.0897. The molecule has 2 amide bonds. The smallest absolute Gasteiger partial charge is 0.323 e. The number of carbonyl (C=O) groups is 1. The van der Waals surface area contributed by atoms with Gasteiger partial charge in [-0.3, -0.25) is 4.98 Å². The number of morpholine rings is 2. The van der Waals surface area contributed by atoms with Crippen LogP contribution in [-0.2, 0) is 9.47 Å². The molecule has 3 fully saturated rings. The summed E-state index contributed by atoms with van der Waals surface area (Å²) in [7, 11) is 0. The van der Waals surface area contributed by atoms with Crippen molar-refractivity contribution in [3.8, 4) is 11.4 Å². The molecule has 0 spiro atoms. The number of amides is 2. The van der Waals surface area contributed by atoms with E-state index in [1.54, 1.807) is 24.5 Å². The van der Waals surface area contributed by atoms with E-state index in [0.717, 1.165) is 31.5 Å². The zero-order valence-electron chi connectivity index (χ0n) is 20.3. The van der Waals surface area contributed by atoms with Crippen molar-refractivity contribution in [3.05, 3.63) is 48.8 Å². The standard InChI is InChI=1S/C25H28N8O3.H2O/c34-25(28-19-7-9-26-10-8-19)27-18-3-1-17(2-4-18)22-29-23(32-11-13-35-14-12-32)31-24(30-22)33-20-5-6-21(33)16-36-15-20;/h1-4,7-10,20-21H,5-6,11-16H2,(H2,26,27,28,34);1H2. The minimum atomic E-state index is -0.325. The third-order valence-corrected chi connectivity index (χ3v) is 6.72. The molecule has 5 heterocycles. The van der Waals surface area contributed by atoms with Crippen LogP contribution in [0.4, 0.5) is 28.1 Å². The predicted molar refractivity (Wildman–Crippen MR) is 139 cm³/mol. The first-order valence-electron chi connectivity index (χ1n) is 12.3. The highest BCUT2D eigenvalue weighted by atomic mass is 16.5. The minimum absolute atomic E-state index is 0. The number of aromatic nitrogens is 4. The van der Waals surface area contributed by atoms with Gasteiger partial charge in [0.05, 0.1) is 38.5 Å². The maximum atomic E-state index is 12.3. The molecule has 4 N–H and O–H groups in total. The number of rotatable bonds is 5. The molecule has 0 aliphatic carbocycles. The van der Waals surface area contributed by atoms with Crippen molar-refractivity contribution in [2.24, 2.45) is 0 Å². The highest BCUT2D eigenvalue weighted by Gasteiger charge is 2.39. The van der Waals surface area contributed by atoms with E-state index in [-0.39, 0.29) is 11.5 Å². The van der Waals surface area contributed by atoms with E-state index in [1.165, 1.54) is 0 Å². The zero-order chi connectivity index (χ0) is 24.3. The van der Waals surface area contributed by atoms with Gasteiger partial charge in [0.15, 0.2) is 5.82 Å². The van der Waals surface area contributed by atoms with E-state index in [0.29, 0.717) is 67.6 Å². The van der Waals surface area contributed by atoms with Crippen LogP contribution in [0.5, 0.6) is 0 Å². The summed E-state index contributed by atoms with van der Waals surface area (Å²) in [6.07, 6.45) is 5.42. The van der Waals surface area contributed by atoms with Crippen LogP contribution in [0.2, 0.25) is 0 Å². The van der Waals surface area contributed by atoms with Crippen LogP contribution in [0.3, 0.4) is 0 Å². The van der Waals surface area contributed by atoms with E-state index < -0.39 is 0 Å². The molecule has 3 aliphatic rings. The van der Waals surface area contributed by atoms with Crippen molar-refractivity contribution >= 4 is 29.3 Å². The summed E-state index contributed by atoms with van der Waals surface area (Å²) in [6.45, 7) is 4.20. The Morgan fingerprint density at radius 1 is 0.811 bits per heavy atom. The van der Waals surface area contributed by atoms with E-state index >= 15 is 0 Å². The summed E-state index contributed by atoms with van der Waals surface area (Å²) in [5.41, 5.74) is 2.19. The van der Waals surface area contributed by atoms with Gasteiger partial charge >= 0.3 is 6.03 Å². The molecule has 3 aliphatic heterocycles. The molecule has 194 valence electrons. The van der Waals surface area contributed by atoms with Crippen molar-refractivity contribution in [2.45, 2.75) is 24.9 Å². The molecule has 12 heteroatoms. The Labute approximate surface area is 214 Å². The Kier molecular flexibility index (Phi) is 7.40. The first-order valence-corrected chi connectivity index (χ1v) is 12.3. The Bertz CT molecular complexity index is 1190. The first-order chi connectivity index (χ1) is 17.7. The van der Waals surface area contributed by atoms with Gasteiger partial charge < -0.3 is 35.4 Å². The third-order valence-electron chi connectivity index (χ3n) is 6.72. The van der Waals surface area contributed by atoms with E-state index in [4.69, 9.17) is 24.4 Å². The third kappa shape index (κ3) is 5.45. The minimum Gasteiger partial charge on any atom is -0.412 e. The topological polar surface area (TPSA) is 149 Å². The zero-order valence-corrected chi connectivity index (χ0v) is 20.3. The van der Waals surface area contributed by atoms with Gasteiger partial charge in [-0.2, -0.15) is 15.0 Å². The molecule has 6 rings (SSSR count). The van der Waals surface area contributed by atoms with Gasteiger partial charge in [-0.15, -0.1) is 0 Å². The quantitative estimate of drug-likeness (QED) is 0.529. The lowest BCUT2D eigenvalue weighted by Crippen LogP contribution is -2.47.